The third kappa shape index (κ3) is 3.63. The Balaban J connectivity index is 1.88. The molecule has 1 aromatic rings. The monoisotopic (exact) mass is 326 g/mol. The van der Waals surface area contributed by atoms with Crippen molar-refractivity contribution in [3.63, 3.8) is 0 Å². The van der Waals surface area contributed by atoms with Crippen molar-refractivity contribution in [2.45, 2.75) is 45.4 Å². The van der Waals surface area contributed by atoms with E-state index >= 15 is 0 Å². The molecule has 1 aliphatic rings. The Morgan fingerprint density at radius 1 is 1.45 bits per heavy atom. The predicted octanol–water partition coefficient (Wildman–Crippen LogP) is 2.24. The van der Waals surface area contributed by atoms with Gasteiger partial charge in [0.05, 0.1) is 17.4 Å². The van der Waals surface area contributed by atoms with Crippen molar-refractivity contribution in [1.29, 1.82) is 0 Å². The Bertz CT molecular complexity index is 538. The first-order valence-electron chi connectivity index (χ1n) is 7.43. The van der Waals surface area contributed by atoms with Gasteiger partial charge in [-0.05, 0) is 33.6 Å². The number of rotatable bonds is 5. The first-order valence-corrected chi connectivity index (χ1v) is 8.59. The van der Waals surface area contributed by atoms with Gasteiger partial charge < -0.3 is 14.5 Å². The molecule has 0 aromatic carbocycles. The molecule has 0 bridgehead atoms. The van der Waals surface area contributed by atoms with Crippen molar-refractivity contribution in [2.24, 2.45) is 5.92 Å². The van der Waals surface area contributed by atoms with Gasteiger partial charge in [-0.15, -0.1) is 11.8 Å². The summed E-state index contributed by atoms with van der Waals surface area (Å²) in [5.74, 6) is 0.557. The Kier molecular flexibility index (Phi) is 5.50. The summed E-state index contributed by atoms with van der Waals surface area (Å²) in [7, 11) is 0. The van der Waals surface area contributed by atoms with Crippen LogP contribution in [0.15, 0.2) is 4.52 Å². The van der Waals surface area contributed by atoms with Crippen molar-refractivity contribution >= 4 is 23.6 Å². The van der Waals surface area contributed by atoms with E-state index in [9.17, 15) is 14.7 Å². The van der Waals surface area contributed by atoms with Gasteiger partial charge >= 0.3 is 5.97 Å². The molecule has 1 N–H and O–H groups in total. The molecule has 122 valence electrons. The zero-order valence-corrected chi connectivity index (χ0v) is 14.0. The second kappa shape index (κ2) is 7.17. The molecule has 2 atom stereocenters. The van der Waals surface area contributed by atoms with Crippen molar-refractivity contribution in [3.8, 4) is 0 Å². The third-order valence-electron chi connectivity index (χ3n) is 4.28. The topological polar surface area (TPSA) is 83.6 Å². The second-order valence-electron chi connectivity index (χ2n) is 5.71. The van der Waals surface area contributed by atoms with Crippen LogP contribution in [0.3, 0.4) is 0 Å². The van der Waals surface area contributed by atoms with Gasteiger partial charge in [0.25, 0.3) is 0 Å². The van der Waals surface area contributed by atoms with Crippen LogP contribution in [0, 0.1) is 19.8 Å². The summed E-state index contributed by atoms with van der Waals surface area (Å²) in [6.45, 7) is 6.23. The zero-order valence-electron chi connectivity index (χ0n) is 13.2. The normalized spacial score (nSPS) is 21.9. The number of aryl methyl sites for hydroxylation is 2. The fraction of sp³-hybridized carbons (Fsp3) is 0.667. The maximum absolute atomic E-state index is 12.3. The van der Waals surface area contributed by atoms with Gasteiger partial charge in [0.15, 0.2) is 0 Å². The SMILES string of the molecule is Cc1noc(C)c1CSCC(=O)N1CCC[C@@H](C(=O)O)[C@H]1C. The molecular weight excluding hydrogens is 304 g/mol. The summed E-state index contributed by atoms with van der Waals surface area (Å²) in [5.41, 5.74) is 1.89. The van der Waals surface area contributed by atoms with Gasteiger partial charge in [-0.3, -0.25) is 9.59 Å². The molecule has 0 aliphatic carbocycles. The van der Waals surface area contributed by atoms with Gasteiger partial charge in [0.2, 0.25) is 5.91 Å². The lowest BCUT2D eigenvalue weighted by molar-refractivity contribution is -0.148. The summed E-state index contributed by atoms with van der Waals surface area (Å²) in [6.07, 6.45) is 1.40. The second-order valence-corrected chi connectivity index (χ2v) is 6.70. The highest BCUT2D eigenvalue weighted by atomic mass is 32.2. The highest BCUT2D eigenvalue weighted by molar-refractivity contribution is 7.99. The van der Waals surface area contributed by atoms with Crippen molar-refractivity contribution in [1.82, 2.24) is 10.1 Å². The van der Waals surface area contributed by atoms with E-state index < -0.39 is 11.9 Å². The van der Waals surface area contributed by atoms with Crippen molar-refractivity contribution < 1.29 is 19.2 Å². The maximum atomic E-state index is 12.3. The van der Waals surface area contributed by atoms with E-state index in [4.69, 9.17) is 4.52 Å². The van der Waals surface area contributed by atoms with Crippen LogP contribution in [0.1, 0.15) is 36.8 Å². The molecule has 1 amide bonds. The van der Waals surface area contributed by atoms with E-state index in [0.717, 1.165) is 23.4 Å². The minimum absolute atomic E-state index is 0.00945. The quantitative estimate of drug-likeness (QED) is 0.893. The average molecular weight is 326 g/mol. The Morgan fingerprint density at radius 3 is 2.77 bits per heavy atom. The van der Waals surface area contributed by atoms with Crippen molar-refractivity contribution in [2.75, 3.05) is 12.3 Å². The van der Waals surface area contributed by atoms with E-state index in [2.05, 4.69) is 5.16 Å². The van der Waals surface area contributed by atoms with E-state index in [1.807, 2.05) is 20.8 Å². The first-order chi connectivity index (χ1) is 10.4. The summed E-state index contributed by atoms with van der Waals surface area (Å²) < 4.78 is 5.10. The molecule has 0 spiro atoms. The Morgan fingerprint density at radius 2 is 2.18 bits per heavy atom. The number of carboxylic acids is 1. The molecule has 1 saturated heterocycles. The van der Waals surface area contributed by atoms with Gasteiger partial charge in [0, 0.05) is 23.9 Å². The van der Waals surface area contributed by atoms with Gasteiger partial charge in [-0.1, -0.05) is 5.16 Å². The molecule has 1 fully saturated rings. The highest BCUT2D eigenvalue weighted by Gasteiger charge is 2.35. The van der Waals surface area contributed by atoms with Crippen LogP contribution in [0.4, 0.5) is 0 Å². The van der Waals surface area contributed by atoms with Crippen LogP contribution in [-0.4, -0.2) is 45.4 Å². The Labute approximate surface area is 134 Å². The average Bonchev–Trinajstić information content (AvgIpc) is 2.78. The maximum Gasteiger partial charge on any atom is 0.308 e. The van der Waals surface area contributed by atoms with E-state index in [0.29, 0.717) is 24.5 Å². The van der Waals surface area contributed by atoms with E-state index in [1.54, 1.807) is 4.90 Å². The number of piperidine rings is 1. The molecule has 6 nitrogen and oxygen atoms in total. The van der Waals surface area contributed by atoms with Crippen LogP contribution >= 0.6 is 11.8 Å². The number of nitrogens with zero attached hydrogens (tertiary/aromatic N) is 2. The number of amides is 1. The van der Waals surface area contributed by atoms with Crippen LogP contribution in [0.2, 0.25) is 0 Å². The molecule has 1 aromatic heterocycles. The van der Waals surface area contributed by atoms with Crippen molar-refractivity contribution in [3.05, 3.63) is 17.0 Å². The molecule has 0 radical (unpaired) electrons. The summed E-state index contributed by atoms with van der Waals surface area (Å²) in [5, 5.41) is 13.1. The molecule has 1 aliphatic heterocycles. The minimum Gasteiger partial charge on any atom is -0.481 e. The summed E-state index contributed by atoms with van der Waals surface area (Å²) >= 11 is 1.51. The predicted molar refractivity (Wildman–Crippen MR) is 83.7 cm³/mol. The number of hydrogen-bond donors (Lipinski definition) is 1. The van der Waals surface area contributed by atoms with Crippen LogP contribution in [0.5, 0.6) is 0 Å². The lowest BCUT2D eigenvalue weighted by Crippen LogP contribution is -2.49. The number of likely N-dealkylation sites (tertiary alicyclic amines) is 1. The summed E-state index contributed by atoms with van der Waals surface area (Å²) in [6, 6.07) is -0.238. The standard InChI is InChI=1S/C15H22N2O4S/c1-9-13(11(3)21-16-9)7-22-8-14(18)17-6-4-5-12(10(17)2)15(19)20/h10,12H,4-8H2,1-3H3,(H,19,20)/t10-,12-/m1/s1. The molecule has 2 heterocycles. The lowest BCUT2D eigenvalue weighted by atomic mass is 9.90. The number of carbonyl (C=O) groups is 2. The fourth-order valence-electron chi connectivity index (χ4n) is 2.86. The highest BCUT2D eigenvalue weighted by Crippen LogP contribution is 2.25. The third-order valence-corrected chi connectivity index (χ3v) is 5.22. The Hall–Kier alpha value is -1.50. The molecule has 0 unspecified atom stereocenters. The first kappa shape index (κ1) is 16.9. The zero-order chi connectivity index (χ0) is 16.3. The molecular formula is C15H22N2O4S. The van der Waals surface area contributed by atoms with Crippen LogP contribution in [0.25, 0.3) is 0 Å². The van der Waals surface area contributed by atoms with Gasteiger partial charge in [-0.2, -0.15) is 0 Å². The van der Waals surface area contributed by atoms with E-state index in [1.165, 1.54) is 11.8 Å². The minimum atomic E-state index is -0.812. The molecule has 7 heteroatoms. The van der Waals surface area contributed by atoms with E-state index in [-0.39, 0.29) is 11.9 Å². The van der Waals surface area contributed by atoms with Gasteiger partial charge in [0.1, 0.15) is 5.76 Å². The molecule has 22 heavy (non-hydrogen) atoms. The lowest BCUT2D eigenvalue weighted by Gasteiger charge is -2.37. The largest absolute Gasteiger partial charge is 0.481 e. The van der Waals surface area contributed by atoms with Crippen LogP contribution < -0.4 is 0 Å². The number of carboxylic acid groups (broad SMARTS) is 1. The fourth-order valence-corrected chi connectivity index (χ4v) is 3.92. The number of aromatic nitrogens is 1. The van der Waals surface area contributed by atoms with Gasteiger partial charge in [-0.25, -0.2) is 0 Å². The smallest absolute Gasteiger partial charge is 0.308 e. The molecule has 2 rings (SSSR count). The number of thioether (sulfide) groups is 1. The van der Waals surface area contributed by atoms with Crippen LogP contribution in [-0.2, 0) is 15.3 Å². The molecule has 0 saturated carbocycles. The number of carbonyl (C=O) groups excluding carboxylic acids is 1. The summed E-state index contributed by atoms with van der Waals surface area (Å²) in [4.78, 5) is 25.3. The number of hydrogen-bond acceptors (Lipinski definition) is 5. The number of aliphatic carboxylic acids is 1.